The number of rotatable bonds is 3. The van der Waals surface area contributed by atoms with E-state index in [9.17, 15) is 19.8 Å². The Morgan fingerprint density at radius 2 is 2.19 bits per heavy atom. The predicted octanol–water partition coefficient (Wildman–Crippen LogP) is 1.97. The first-order valence-corrected chi connectivity index (χ1v) is 9.87. The van der Waals surface area contributed by atoms with Crippen LogP contribution in [0.25, 0.3) is 0 Å². The van der Waals surface area contributed by atoms with E-state index in [0.717, 1.165) is 5.57 Å². The van der Waals surface area contributed by atoms with Gasteiger partial charge in [-0.25, -0.2) is 4.79 Å². The van der Waals surface area contributed by atoms with E-state index in [1.165, 1.54) is 0 Å². The van der Waals surface area contributed by atoms with E-state index in [4.69, 9.17) is 21.1 Å². The van der Waals surface area contributed by atoms with Crippen molar-refractivity contribution in [2.75, 3.05) is 5.88 Å². The number of allylic oxidation sites excluding steroid dienone is 1. The monoisotopic (exact) mass is 398 g/mol. The summed E-state index contributed by atoms with van der Waals surface area (Å²) >= 11 is 6.04. The van der Waals surface area contributed by atoms with Crippen LogP contribution in [0.4, 0.5) is 0 Å². The molecule has 150 valence electrons. The van der Waals surface area contributed by atoms with Crippen LogP contribution in [0.2, 0.25) is 0 Å². The van der Waals surface area contributed by atoms with E-state index >= 15 is 0 Å². The van der Waals surface area contributed by atoms with Gasteiger partial charge in [0.25, 0.3) is 0 Å². The molecule has 3 aliphatic rings. The molecular weight excluding hydrogens is 372 g/mol. The van der Waals surface area contributed by atoms with Crippen molar-refractivity contribution in [3.8, 4) is 0 Å². The van der Waals surface area contributed by atoms with Crippen LogP contribution in [-0.4, -0.2) is 51.9 Å². The molecule has 0 bridgehead atoms. The van der Waals surface area contributed by atoms with Gasteiger partial charge in [0.05, 0.1) is 17.9 Å². The second-order valence-electron chi connectivity index (χ2n) is 8.05. The highest BCUT2D eigenvalue weighted by atomic mass is 35.5. The SMILES string of the molecule is C=C1CC(OC(=O)C(C)=CC)C2C(C)C(=O)OC2C2C1CC(O)C2(O)CCl. The van der Waals surface area contributed by atoms with E-state index in [2.05, 4.69) is 6.58 Å². The molecule has 6 nitrogen and oxygen atoms in total. The van der Waals surface area contributed by atoms with Crippen LogP contribution in [0.15, 0.2) is 23.8 Å². The van der Waals surface area contributed by atoms with Crippen molar-refractivity contribution in [1.82, 2.24) is 0 Å². The van der Waals surface area contributed by atoms with Gasteiger partial charge in [0, 0.05) is 23.8 Å². The Bertz CT molecular complexity index is 688. The molecule has 8 atom stereocenters. The number of halogens is 1. The summed E-state index contributed by atoms with van der Waals surface area (Å²) in [6, 6.07) is 0. The maximum atomic E-state index is 12.4. The molecule has 27 heavy (non-hydrogen) atoms. The van der Waals surface area contributed by atoms with Crippen molar-refractivity contribution in [1.29, 1.82) is 0 Å². The number of hydrogen-bond acceptors (Lipinski definition) is 6. The first-order chi connectivity index (χ1) is 12.7. The number of carbonyl (C=O) groups excluding carboxylic acids is 2. The van der Waals surface area contributed by atoms with E-state index in [1.54, 1.807) is 26.8 Å². The van der Waals surface area contributed by atoms with Gasteiger partial charge in [-0.15, -0.1) is 11.6 Å². The van der Waals surface area contributed by atoms with Gasteiger partial charge in [-0.3, -0.25) is 4.79 Å². The molecule has 0 spiro atoms. The van der Waals surface area contributed by atoms with E-state index < -0.39 is 53.6 Å². The lowest BCUT2D eigenvalue weighted by molar-refractivity contribution is -0.155. The third kappa shape index (κ3) is 3.12. The highest BCUT2D eigenvalue weighted by molar-refractivity contribution is 6.18. The molecule has 2 saturated carbocycles. The summed E-state index contributed by atoms with van der Waals surface area (Å²) < 4.78 is 11.4. The van der Waals surface area contributed by atoms with Crippen molar-refractivity contribution in [3.05, 3.63) is 23.8 Å². The van der Waals surface area contributed by atoms with Crippen molar-refractivity contribution < 1.29 is 29.3 Å². The van der Waals surface area contributed by atoms with Gasteiger partial charge in [0.15, 0.2) is 0 Å². The molecule has 8 unspecified atom stereocenters. The summed E-state index contributed by atoms with van der Waals surface area (Å²) in [5.74, 6) is -2.79. The van der Waals surface area contributed by atoms with Gasteiger partial charge >= 0.3 is 11.9 Å². The smallest absolute Gasteiger partial charge is 0.333 e. The summed E-state index contributed by atoms with van der Waals surface area (Å²) in [4.78, 5) is 24.7. The third-order valence-corrected chi connectivity index (χ3v) is 7.07. The molecular formula is C20H27ClO6. The minimum atomic E-state index is -1.58. The quantitative estimate of drug-likeness (QED) is 0.327. The minimum absolute atomic E-state index is 0.181. The molecule has 1 aliphatic heterocycles. The number of aliphatic hydroxyl groups excluding tert-OH is 1. The summed E-state index contributed by atoms with van der Waals surface area (Å²) in [5, 5.41) is 21.5. The molecule has 7 heteroatoms. The number of carbonyl (C=O) groups is 2. The minimum Gasteiger partial charge on any atom is -0.461 e. The van der Waals surface area contributed by atoms with Crippen molar-refractivity contribution in [2.45, 2.75) is 57.5 Å². The standard InChI is InChI=1S/C20H27ClO6/c1-5-9(2)18(23)26-13-6-10(3)12-7-14(22)20(25,8-21)16(12)17-15(13)11(4)19(24)27-17/h5,11-17,22,25H,3,6-8H2,1-2,4H3. The summed E-state index contributed by atoms with van der Waals surface area (Å²) in [7, 11) is 0. The van der Waals surface area contributed by atoms with Crippen LogP contribution in [0, 0.1) is 23.7 Å². The van der Waals surface area contributed by atoms with Crippen LogP contribution in [0.5, 0.6) is 0 Å². The second kappa shape index (κ2) is 7.22. The van der Waals surface area contributed by atoms with Gasteiger partial charge in [-0.1, -0.05) is 25.2 Å². The number of alkyl halides is 1. The number of fused-ring (bicyclic) bond motifs is 3. The lowest BCUT2D eigenvalue weighted by atomic mass is 9.75. The fourth-order valence-corrected chi connectivity index (χ4v) is 5.25. The van der Waals surface area contributed by atoms with E-state index in [1.807, 2.05) is 0 Å². The highest BCUT2D eigenvalue weighted by Gasteiger charge is 2.64. The first kappa shape index (κ1) is 20.4. The molecule has 0 aromatic heterocycles. The number of ether oxygens (including phenoxy) is 2. The number of esters is 2. The Hall–Kier alpha value is -1.37. The molecule has 2 aliphatic carbocycles. The maximum Gasteiger partial charge on any atom is 0.333 e. The Kier molecular flexibility index (Phi) is 5.45. The normalized spacial score (nSPS) is 44.4. The summed E-state index contributed by atoms with van der Waals surface area (Å²) in [6.07, 6.45) is 0.00656. The molecule has 0 amide bonds. The topological polar surface area (TPSA) is 93.1 Å². The van der Waals surface area contributed by atoms with Crippen LogP contribution < -0.4 is 0 Å². The molecule has 3 rings (SSSR count). The van der Waals surface area contributed by atoms with Crippen molar-refractivity contribution >= 4 is 23.5 Å². The first-order valence-electron chi connectivity index (χ1n) is 9.34. The zero-order chi connectivity index (χ0) is 20.1. The fraction of sp³-hybridized carbons (Fsp3) is 0.700. The van der Waals surface area contributed by atoms with Gasteiger partial charge in [0.1, 0.15) is 17.8 Å². The van der Waals surface area contributed by atoms with Gasteiger partial charge in [-0.05, 0) is 26.2 Å². The maximum absolute atomic E-state index is 12.4. The van der Waals surface area contributed by atoms with Crippen molar-refractivity contribution in [3.63, 3.8) is 0 Å². The highest BCUT2D eigenvalue weighted by Crippen LogP contribution is 2.55. The molecule has 1 heterocycles. The average Bonchev–Trinajstić information content (AvgIpc) is 3.03. The Balaban J connectivity index is 2.01. The Labute approximate surface area is 164 Å². The van der Waals surface area contributed by atoms with E-state index in [0.29, 0.717) is 12.0 Å². The molecule has 1 saturated heterocycles. The van der Waals surface area contributed by atoms with Crippen LogP contribution in [0.1, 0.15) is 33.6 Å². The molecule has 0 aromatic carbocycles. The van der Waals surface area contributed by atoms with E-state index in [-0.39, 0.29) is 18.2 Å². The van der Waals surface area contributed by atoms with Gasteiger partial charge < -0.3 is 19.7 Å². The summed E-state index contributed by atoms with van der Waals surface area (Å²) in [6.45, 7) is 9.30. The second-order valence-corrected chi connectivity index (χ2v) is 8.32. The molecule has 0 radical (unpaired) electrons. The Morgan fingerprint density at radius 3 is 2.78 bits per heavy atom. The van der Waals surface area contributed by atoms with Crippen LogP contribution >= 0.6 is 11.6 Å². The lowest BCUT2D eigenvalue weighted by Crippen LogP contribution is -2.52. The number of aliphatic hydroxyl groups is 2. The van der Waals surface area contributed by atoms with Gasteiger partial charge in [-0.2, -0.15) is 0 Å². The Morgan fingerprint density at radius 1 is 1.52 bits per heavy atom. The zero-order valence-corrected chi connectivity index (χ0v) is 16.6. The fourth-order valence-electron chi connectivity index (χ4n) is 4.90. The number of hydrogen-bond donors (Lipinski definition) is 2. The van der Waals surface area contributed by atoms with Crippen LogP contribution in [-0.2, 0) is 19.1 Å². The molecule has 3 fully saturated rings. The molecule has 0 aromatic rings. The lowest BCUT2D eigenvalue weighted by Gasteiger charge is -2.37. The van der Waals surface area contributed by atoms with Crippen molar-refractivity contribution in [2.24, 2.45) is 23.7 Å². The zero-order valence-electron chi connectivity index (χ0n) is 15.9. The molecule has 2 N–H and O–H groups in total. The largest absolute Gasteiger partial charge is 0.461 e. The predicted molar refractivity (Wildman–Crippen MR) is 98.9 cm³/mol. The summed E-state index contributed by atoms with van der Waals surface area (Å²) in [5.41, 5.74) is -0.332. The van der Waals surface area contributed by atoms with Crippen LogP contribution in [0.3, 0.4) is 0 Å². The van der Waals surface area contributed by atoms with Gasteiger partial charge in [0.2, 0.25) is 0 Å². The average molecular weight is 399 g/mol. The third-order valence-electron chi connectivity index (χ3n) is 6.64.